The van der Waals surface area contributed by atoms with Crippen molar-refractivity contribution < 1.29 is 4.79 Å². The molecular weight excluding hydrogens is 186 g/mol. The Morgan fingerprint density at radius 1 is 1.33 bits per heavy atom. The lowest BCUT2D eigenvalue weighted by Crippen LogP contribution is -2.34. The normalized spacial score (nSPS) is 15.7. The first-order chi connectivity index (χ1) is 7.18. The second kappa shape index (κ2) is 4.05. The van der Waals surface area contributed by atoms with Crippen molar-refractivity contribution >= 4 is 11.5 Å². The van der Waals surface area contributed by atoms with Crippen molar-refractivity contribution in [1.82, 2.24) is 0 Å². The summed E-state index contributed by atoms with van der Waals surface area (Å²) in [4.78, 5) is 14.0. The van der Waals surface area contributed by atoms with Crippen LogP contribution < -0.4 is 4.90 Å². The van der Waals surface area contributed by atoms with E-state index in [9.17, 15) is 4.79 Å². The Hall–Kier alpha value is -1.31. The van der Waals surface area contributed by atoms with E-state index in [1.165, 1.54) is 0 Å². The maximum absolute atomic E-state index is 11.7. The van der Waals surface area contributed by atoms with Crippen molar-refractivity contribution in [1.29, 1.82) is 0 Å². The van der Waals surface area contributed by atoms with Crippen molar-refractivity contribution in [3.8, 4) is 0 Å². The van der Waals surface area contributed by atoms with Gasteiger partial charge in [-0.1, -0.05) is 26.0 Å². The standard InChI is InChI=1S/C13H17NO/c1-10(2)9-14-8-7-13(15)11-5-3-4-6-12(11)14/h3-6,10H,7-9H2,1-2H3. The van der Waals surface area contributed by atoms with E-state index in [0.717, 1.165) is 24.3 Å². The number of para-hydroxylation sites is 1. The highest BCUT2D eigenvalue weighted by molar-refractivity contribution is 6.03. The average Bonchev–Trinajstić information content (AvgIpc) is 2.22. The molecule has 1 aliphatic rings. The van der Waals surface area contributed by atoms with Gasteiger partial charge in [-0.05, 0) is 18.1 Å². The van der Waals surface area contributed by atoms with Gasteiger partial charge in [-0.15, -0.1) is 0 Å². The molecule has 0 N–H and O–H groups in total. The fourth-order valence-electron chi connectivity index (χ4n) is 2.11. The van der Waals surface area contributed by atoms with Crippen LogP contribution in [0.5, 0.6) is 0 Å². The third-order valence-electron chi connectivity index (χ3n) is 2.74. The molecule has 80 valence electrons. The summed E-state index contributed by atoms with van der Waals surface area (Å²) < 4.78 is 0. The van der Waals surface area contributed by atoms with Gasteiger partial charge in [0.15, 0.2) is 5.78 Å². The van der Waals surface area contributed by atoms with E-state index in [1.807, 2.05) is 18.2 Å². The summed E-state index contributed by atoms with van der Waals surface area (Å²) in [6.45, 7) is 6.32. The van der Waals surface area contributed by atoms with Gasteiger partial charge < -0.3 is 4.90 Å². The van der Waals surface area contributed by atoms with Gasteiger partial charge in [-0.3, -0.25) is 4.79 Å². The zero-order valence-electron chi connectivity index (χ0n) is 9.36. The third-order valence-corrected chi connectivity index (χ3v) is 2.74. The molecule has 2 nitrogen and oxygen atoms in total. The number of carbonyl (C=O) groups excluding carboxylic acids is 1. The Bertz CT molecular complexity index is 371. The highest BCUT2D eigenvalue weighted by Gasteiger charge is 2.22. The first-order valence-electron chi connectivity index (χ1n) is 5.55. The Morgan fingerprint density at radius 2 is 2.07 bits per heavy atom. The van der Waals surface area contributed by atoms with Crippen LogP contribution >= 0.6 is 0 Å². The molecule has 0 unspecified atom stereocenters. The maximum Gasteiger partial charge on any atom is 0.166 e. The fourth-order valence-corrected chi connectivity index (χ4v) is 2.11. The molecule has 0 amide bonds. The highest BCUT2D eigenvalue weighted by atomic mass is 16.1. The van der Waals surface area contributed by atoms with Gasteiger partial charge in [0.2, 0.25) is 0 Å². The number of hydrogen-bond acceptors (Lipinski definition) is 2. The van der Waals surface area contributed by atoms with Crippen molar-refractivity contribution in [2.75, 3.05) is 18.0 Å². The van der Waals surface area contributed by atoms with Gasteiger partial charge in [0.25, 0.3) is 0 Å². The molecule has 0 saturated heterocycles. The maximum atomic E-state index is 11.7. The van der Waals surface area contributed by atoms with E-state index in [2.05, 4.69) is 24.8 Å². The largest absolute Gasteiger partial charge is 0.370 e. The van der Waals surface area contributed by atoms with Crippen LogP contribution in [0, 0.1) is 5.92 Å². The quantitative estimate of drug-likeness (QED) is 0.736. The number of rotatable bonds is 2. The van der Waals surface area contributed by atoms with Gasteiger partial charge in [0, 0.05) is 30.8 Å². The number of nitrogens with zero attached hydrogens (tertiary/aromatic N) is 1. The van der Waals surface area contributed by atoms with Crippen LogP contribution in [0.2, 0.25) is 0 Å². The van der Waals surface area contributed by atoms with Crippen LogP contribution in [0.3, 0.4) is 0 Å². The van der Waals surface area contributed by atoms with E-state index >= 15 is 0 Å². The van der Waals surface area contributed by atoms with Crippen molar-refractivity contribution in [2.45, 2.75) is 20.3 Å². The van der Waals surface area contributed by atoms with Crippen LogP contribution in [0.15, 0.2) is 24.3 Å². The summed E-state index contributed by atoms with van der Waals surface area (Å²) in [6.07, 6.45) is 0.656. The molecule has 0 radical (unpaired) electrons. The summed E-state index contributed by atoms with van der Waals surface area (Å²) in [5.41, 5.74) is 2.01. The predicted octanol–water partition coefficient (Wildman–Crippen LogP) is 2.74. The van der Waals surface area contributed by atoms with Gasteiger partial charge in [0.1, 0.15) is 0 Å². The molecule has 1 aromatic carbocycles. The third kappa shape index (κ3) is 2.04. The molecule has 15 heavy (non-hydrogen) atoms. The molecule has 0 aromatic heterocycles. The van der Waals surface area contributed by atoms with Crippen LogP contribution in [0.25, 0.3) is 0 Å². The van der Waals surface area contributed by atoms with E-state index < -0.39 is 0 Å². The molecule has 1 aromatic rings. The lowest BCUT2D eigenvalue weighted by atomic mass is 9.99. The summed E-state index contributed by atoms with van der Waals surface area (Å²) >= 11 is 0. The van der Waals surface area contributed by atoms with Crippen LogP contribution in [-0.4, -0.2) is 18.9 Å². The second-order valence-electron chi connectivity index (χ2n) is 4.53. The number of ketones is 1. The van der Waals surface area contributed by atoms with Gasteiger partial charge in [0.05, 0.1) is 0 Å². The van der Waals surface area contributed by atoms with Crippen LogP contribution in [0.1, 0.15) is 30.6 Å². The van der Waals surface area contributed by atoms with E-state index in [4.69, 9.17) is 0 Å². The average molecular weight is 203 g/mol. The first-order valence-corrected chi connectivity index (χ1v) is 5.55. The Morgan fingerprint density at radius 3 is 2.80 bits per heavy atom. The minimum absolute atomic E-state index is 0.283. The summed E-state index contributed by atoms with van der Waals surface area (Å²) in [7, 11) is 0. The van der Waals surface area contributed by atoms with Crippen molar-refractivity contribution in [3.05, 3.63) is 29.8 Å². The molecule has 0 atom stereocenters. The van der Waals surface area contributed by atoms with Crippen LogP contribution in [-0.2, 0) is 0 Å². The van der Waals surface area contributed by atoms with Crippen LogP contribution in [0.4, 0.5) is 5.69 Å². The Balaban J connectivity index is 2.32. The molecule has 1 aliphatic heterocycles. The van der Waals surface area contributed by atoms with Gasteiger partial charge in [-0.2, -0.15) is 0 Å². The number of benzene rings is 1. The molecule has 2 heteroatoms. The molecule has 1 heterocycles. The second-order valence-corrected chi connectivity index (χ2v) is 4.53. The number of fused-ring (bicyclic) bond motifs is 1. The lowest BCUT2D eigenvalue weighted by Gasteiger charge is -2.31. The number of anilines is 1. The first kappa shape index (κ1) is 10.2. The molecule has 0 aliphatic carbocycles. The summed E-state index contributed by atoms with van der Waals surface area (Å²) in [5, 5.41) is 0. The zero-order valence-corrected chi connectivity index (χ0v) is 9.36. The number of Topliss-reactive ketones (excluding diaryl/α,β-unsaturated/α-hetero) is 1. The molecule has 2 rings (SSSR count). The van der Waals surface area contributed by atoms with Crippen molar-refractivity contribution in [3.63, 3.8) is 0 Å². The highest BCUT2D eigenvalue weighted by Crippen LogP contribution is 2.27. The predicted molar refractivity (Wildman–Crippen MR) is 62.4 cm³/mol. The van der Waals surface area contributed by atoms with Crippen molar-refractivity contribution in [2.24, 2.45) is 5.92 Å². The Labute approximate surface area is 90.9 Å². The topological polar surface area (TPSA) is 20.3 Å². The Kier molecular flexibility index (Phi) is 2.76. The minimum atomic E-state index is 0.283. The smallest absolute Gasteiger partial charge is 0.166 e. The SMILES string of the molecule is CC(C)CN1CCC(=O)c2ccccc21. The molecule has 0 bridgehead atoms. The van der Waals surface area contributed by atoms with Gasteiger partial charge >= 0.3 is 0 Å². The zero-order chi connectivity index (χ0) is 10.8. The molecule has 0 spiro atoms. The summed E-state index contributed by atoms with van der Waals surface area (Å²) in [5.74, 6) is 0.914. The molecule has 0 saturated carbocycles. The number of hydrogen-bond donors (Lipinski definition) is 0. The van der Waals surface area contributed by atoms with Gasteiger partial charge in [-0.25, -0.2) is 0 Å². The number of carbonyl (C=O) groups is 1. The van der Waals surface area contributed by atoms with E-state index in [1.54, 1.807) is 0 Å². The minimum Gasteiger partial charge on any atom is -0.370 e. The fraction of sp³-hybridized carbons (Fsp3) is 0.462. The lowest BCUT2D eigenvalue weighted by molar-refractivity contribution is 0.0979. The van der Waals surface area contributed by atoms with E-state index in [0.29, 0.717) is 12.3 Å². The monoisotopic (exact) mass is 203 g/mol. The molecular formula is C13H17NO. The summed E-state index contributed by atoms with van der Waals surface area (Å²) in [6, 6.07) is 7.93. The molecule has 0 fully saturated rings. The van der Waals surface area contributed by atoms with E-state index in [-0.39, 0.29) is 5.78 Å².